The Balaban J connectivity index is 0.000000103. The first-order chi connectivity index (χ1) is 71.6. The highest BCUT2D eigenvalue weighted by Crippen LogP contribution is 2.51. The van der Waals surface area contributed by atoms with Crippen molar-refractivity contribution in [1.29, 1.82) is 0 Å². The SMILES string of the molecule is O=C(/C=C/c1ccccn1)N1CCC2(CC1)OCc1ccccc12.O=C(/C=C/c1cccs1)N1CCC2(CC1)OCc1ccccc12.O=C(/C=C/c1ccoc1)N1CCC2(CC1)OCc1ccccc12.O=C(/C=C/c1ccsc1)N1CCC2(CC1)OCc1ccccc12.O=C(/C=C/c1cnc2ccccc2c1)N1CCC2(CC1)OCc1ccccc12.O=C(c1c[nH]c2ccccc12)N1CCC2(CC1)OCc1ccccc12. The molecular formula is C122H119N9O13S2. The van der Waals surface area contributed by atoms with Crippen LogP contribution in [0.4, 0.5) is 0 Å². The van der Waals surface area contributed by atoms with Gasteiger partial charge in [-0.25, -0.2) is 0 Å². The molecule has 26 rings (SSSR count). The van der Waals surface area contributed by atoms with Crippen LogP contribution >= 0.6 is 22.7 Å². The number of benzene rings is 8. The van der Waals surface area contributed by atoms with Gasteiger partial charge in [0.15, 0.2) is 0 Å². The van der Waals surface area contributed by atoms with Crippen LogP contribution in [-0.2, 0) is 126 Å². The highest BCUT2D eigenvalue weighted by Gasteiger charge is 2.50. The fourth-order valence-corrected chi connectivity index (χ4v) is 24.1. The third-order valence-corrected chi connectivity index (χ3v) is 32.7. The number of ether oxygens (including phenoxy) is 6. The third kappa shape index (κ3) is 21.3. The van der Waals surface area contributed by atoms with Crippen molar-refractivity contribution in [3.8, 4) is 0 Å². The molecule has 22 nitrogen and oxygen atoms in total. The molecular weight excluding hydrogens is 1860 g/mol. The number of para-hydroxylation sites is 2. The van der Waals surface area contributed by atoms with Gasteiger partial charge in [-0.3, -0.25) is 38.7 Å². The van der Waals surface area contributed by atoms with Crippen molar-refractivity contribution >= 4 is 110 Å². The lowest BCUT2D eigenvalue weighted by atomic mass is 9.83. The van der Waals surface area contributed by atoms with Gasteiger partial charge in [-0.1, -0.05) is 194 Å². The van der Waals surface area contributed by atoms with Gasteiger partial charge < -0.3 is 67.2 Å². The van der Waals surface area contributed by atoms with E-state index in [9.17, 15) is 28.8 Å². The van der Waals surface area contributed by atoms with E-state index in [0.717, 1.165) is 197 Å². The van der Waals surface area contributed by atoms with Crippen LogP contribution in [0.3, 0.4) is 0 Å². The van der Waals surface area contributed by atoms with E-state index in [0.29, 0.717) is 52.7 Å². The van der Waals surface area contributed by atoms with Crippen molar-refractivity contribution in [3.05, 3.63) is 420 Å². The van der Waals surface area contributed by atoms with Crippen LogP contribution in [0.15, 0.2) is 325 Å². The lowest BCUT2D eigenvalue weighted by molar-refractivity contribution is -0.134. The van der Waals surface area contributed by atoms with Crippen molar-refractivity contribution in [1.82, 2.24) is 44.4 Å². The number of hydrogen-bond acceptors (Lipinski definition) is 17. The van der Waals surface area contributed by atoms with Crippen molar-refractivity contribution in [2.45, 2.75) is 150 Å². The van der Waals surface area contributed by atoms with Gasteiger partial charge in [0.2, 0.25) is 29.5 Å². The van der Waals surface area contributed by atoms with Gasteiger partial charge in [0, 0.05) is 154 Å². The van der Waals surface area contributed by atoms with E-state index in [1.807, 2.05) is 161 Å². The molecule has 14 aromatic rings. The molecule has 0 aliphatic carbocycles. The van der Waals surface area contributed by atoms with Crippen molar-refractivity contribution in [2.75, 3.05) is 78.5 Å². The number of aromatic amines is 1. The number of likely N-dealkylation sites (tertiary alicyclic amines) is 6. The van der Waals surface area contributed by atoms with E-state index in [-0.39, 0.29) is 69.0 Å². The number of pyridine rings is 2. The first-order valence-corrected chi connectivity index (χ1v) is 52.8. The number of carbonyl (C=O) groups is 6. The minimum atomic E-state index is -0.209. The second-order valence-electron chi connectivity index (χ2n) is 39.3. The number of rotatable bonds is 11. The first-order valence-electron chi connectivity index (χ1n) is 51.0. The number of fused-ring (bicyclic) bond motifs is 14. The fraction of sp³-hybridized carbons (Fsp3) is 0.295. The number of piperidine rings is 6. The number of nitrogens with one attached hydrogen (secondary N) is 1. The summed E-state index contributed by atoms with van der Waals surface area (Å²) in [4.78, 5) is 99.5. The Kier molecular flexibility index (Phi) is 29.5. The summed E-state index contributed by atoms with van der Waals surface area (Å²) in [5, 5.41) is 8.15. The van der Waals surface area contributed by atoms with E-state index < -0.39 is 0 Å². The van der Waals surface area contributed by atoms with E-state index in [1.54, 1.807) is 90.1 Å². The van der Waals surface area contributed by atoms with Crippen LogP contribution < -0.4 is 0 Å². The Morgan fingerprint density at radius 2 is 0.692 bits per heavy atom. The zero-order chi connectivity index (χ0) is 99.3. The molecule has 24 heteroatoms. The predicted molar refractivity (Wildman–Crippen MR) is 568 cm³/mol. The quantitative estimate of drug-likeness (QED) is 0.119. The monoisotopic (exact) mass is 1980 g/mol. The second-order valence-corrected chi connectivity index (χ2v) is 41.1. The molecule has 0 unspecified atom stereocenters. The van der Waals surface area contributed by atoms with E-state index in [1.165, 1.54) is 66.8 Å². The van der Waals surface area contributed by atoms with Gasteiger partial charge in [-0.05, 0) is 250 Å². The van der Waals surface area contributed by atoms with E-state index in [4.69, 9.17) is 32.8 Å². The summed E-state index contributed by atoms with van der Waals surface area (Å²) in [6.07, 6.45) is 36.4. The molecule has 146 heavy (non-hydrogen) atoms. The first kappa shape index (κ1) is 97.9. The van der Waals surface area contributed by atoms with Gasteiger partial charge in [0.1, 0.15) is 0 Å². The fourth-order valence-electron chi connectivity index (χ4n) is 22.8. The average Bonchev–Trinajstić information content (AvgIpc) is 1.63. The molecule has 12 aliphatic rings. The predicted octanol–water partition coefficient (Wildman–Crippen LogP) is 22.2. The highest BCUT2D eigenvalue weighted by molar-refractivity contribution is 7.10. The number of thiophene rings is 2. The van der Waals surface area contributed by atoms with Gasteiger partial charge in [0.25, 0.3) is 5.91 Å². The number of amides is 6. The molecule has 742 valence electrons. The van der Waals surface area contributed by atoms with Crippen LogP contribution in [0.25, 0.3) is 52.2 Å². The molecule has 0 radical (unpaired) electrons. The number of aromatic nitrogens is 3. The molecule has 1 N–H and O–H groups in total. The summed E-state index contributed by atoms with van der Waals surface area (Å²) in [5.41, 5.74) is 20.9. The minimum absolute atomic E-state index is 0.0433. The van der Waals surface area contributed by atoms with E-state index >= 15 is 0 Å². The van der Waals surface area contributed by atoms with E-state index in [2.05, 4.69) is 167 Å². The van der Waals surface area contributed by atoms with Crippen molar-refractivity contribution in [2.24, 2.45) is 0 Å². The van der Waals surface area contributed by atoms with Gasteiger partial charge in [-0.2, -0.15) is 11.3 Å². The zero-order valence-corrected chi connectivity index (χ0v) is 83.5. The van der Waals surface area contributed by atoms with Gasteiger partial charge in [0.05, 0.1) is 103 Å². The molecule has 0 bridgehead atoms. The second kappa shape index (κ2) is 44.0. The average molecular weight is 1980 g/mol. The molecule has 8 aromatic carbocycles. The third-order valence-electron chi connectivity index (χ3n) is 31.1. The Morgan fingerprint density at radius 3 is 1.08 bits per heavy atom. The Labute approximate surface area is 859 Å². The zero-order valence-electron chi connectivity index (χ0n) is 81.9. The standard InChI is InChI=1S/C24H22N2O2.C21H20N2O2.C20H20N2O2.C19H19NO3.2C19H19NO2S/c27-23(10-9-18-15-19-5-2-4-8-22(19)25-16-18)26-13-11-24(12-14-26)21-7-3-1-6-20(21)17-28-24;24-20(17-13-22-19-8-4-2-6-16(17)19)23-11-9-21(10-12-23)18-7-3-1-5-15(18)14-25-21;23-19(9-8-17-6-3-4-12-21-17)22-13-10-20(11-14-22)18-7-2-1-5-16(18)15-24-20;21-18(6-5-15-7-12-22-13-15)20-10-8-19(9-11-20)17-4-2-1-3-16(17)14-23-19;21-18(8-7-16-5-3-13-23-16)20-11-9-19(10-12-20)17-6-2-1-4-15(17)14-22-19;21-18(6-5-15-7-12-23-14-15)20-10-8-19(9-11-20)17-4-2-1-3-16(17)13-22-19/h1-10,15-16H,11-14,17H2;1-8,13,22H,9-12,14H2;1-9,12H,10-11,13-15H2;1-7,12-13H,8-11,14H2;1-8,13H,9-12,14H2;1-7,12,14H,8-11,13H2/b10-9+;;9-8+;6-5+;8-7+;6-5+. The smallest absolute Gasteiger partial charge is 0.256 e. The number of hydrogen-bond donors (Lipinski definition) is 1. The van der Waals surface area contributed by atoms with Crippen LogP contribution in [0.1, 0.15) is 181 Å². The summed E-state index contributed by atoms with van der Waals surface area (Å²) in [5.74, 6) is 0.443. The van der Waals surface area contributed by atoms with Crippen molar-refractivity contribution in [3.63, 3.8) is 0 Å². The maximum atomic E-state index is 13.0. The Bertz CT molecular complexity index is 6840. The number of nitrogens with zero attached hydrogens (tertiary/aromatic N) is 8. The van der Waals surface area contributed by atoms with Crippen LogP contribution in [-0.4, -0.2) is 158 Å². The maximum absolute atomic E-state index is 13.0. The molecule has 6 aromatic heterocycles. The molecule has 6 saturated heterocycles. The van der Waals surface area contributed by atoms with Crippen LogP contribution in [0.2, 0.25) is 0 Å². The molecule has 0 atom stereocenters. The molecule has 6 amide bonds. The Morgan fingerprint density at radius 1 is 0.329 bits per heavy atom. The highest BCUT2D eigenvalue weighted by atomic mass is 32.1. The molecule has 0 saturated carbocycles. The molecule has 6 fully saturated rings. The van der Waals surface area contributed by atoms with Gasteiger partial charge in [-0.15, -0.1) is 11.3 Å². The summed E-state index contributed by atoms with van der Waals surface area (Å²) < 4.78 is 41.9. The summed E-state index contributed by atoms with van der Waals surface area (Å²) in [7, 11) is 0. The number of H-pyrrole nitrogens is 1. The lowest BCUT2D eigenvalue weighted by Crippen LogP contribution is -2.45. The topological polar surface area (TPSA) is 232 Å². The minimum Gasteiger partial charge on any atom is -0.472 e. The normalized spacial score (nSPS) is 18.9. The van der Waals surface area contributed by atoms with Crippen LogP contribution in [0.5, 0.6) is 0 Å². The maximum Gasteiger partial charge on any atom is 0.256 e. The lowest BCUT2D eigenvalue weighted by Gasteiger charge is -2.39. The summed E-state index contributed by atoms with van der Waals surface area (Å²) in [6, 6.07) is 82.2. The summed E-state index contributed by atoms with van der Waals surface area (Å²) in [6.45, 7) is 12.9. The Hall–Kier alpha value is -14.2. The number of carbonyl (C=O) groups excluding carboxylic acids is 6. The summed E-state index contributed by atoms with van der Waals surface area (Å²) >= 11 is 3.28. The molecule has 6 spiro atoms. The number of furan rings is 1. The molecule has 12 aliphatic heterocycles. The van der Waals surface area contributed by atoms with Crippen LogP contribution in [0, 0.1) is 0 Å². The van der Waals surface area contributed by atoms with Crippen molar-refractivity contribution < 1.29 is 61.6 Å². The van der Waals surface area contributed by atoms with Gasteiger partial charge >= 0.3 is 0 Å². The molecule has 18 heterocycles. The largest absolute Gasteiger partial charge is 0.472 e.